The number of carbonyl (C=O) groups excluding carboxylic acids is 1. The third kappa shape index (κ3) is 1.51. The van der Waals surface area contributed by atoms with Gasteiger partial charge in [-0.2, -0.15) is 0 Å². The molecule has 1 aromatic carbocycles. The Hall–Kier alpha value is -1.88. The molecule has 0 amide bonds. The van der Waals surface area contributed by atoms with Gasteiger partial charge in [0.25, 0.3) is 0 Å². The van der Waals surface area contributed by atoms with Gasteiger partial charge in [-0.3, -0.25) is 4.40 Å². The van der Waals surface area contributed by atoms with Crippen LogP contribution < -0.4 is 0 Å². The van der Waals surface area contributed by atoms with Crippen molar-refractivity contribution in [2.75, 3.05) is 6.61 Å². The highest BCUT2D eigenvalue weighted by Gasteiger charge is 2.20. The van der Waals surface area contributed by atoms with Gasteiger partial charge in [-0.1, -0.05) is 23.5 Å². The predicted octanol–water partition coefficient (Wildman–Crippen LogP) is 3.03. The van der Waals surface area contributed by atoms with Crippen LogP contribution in [-0.4, -0.2) is 22.0 Å². The summed E-state index contributed by atoms with van der Waals surface area (Å²) in [4.78, 5) is 17.3. The van der Waals surface area contributed by atoms with Crippen LogP contribution in [0.15, 0.2) is 24.3 Å². The summed E-state index contributed by atoms with van der Waals surface area (Å²) in [6.45, 7) is 4.01. The molecular formula is C13H12N2O2S. The molecule has 4 nitrogen and oxygen atoms in total. The van der Waals surface area contributed by atoms with Gasteiger partial charge in [-0.15, -0.1) is 0 Å². The maximum absolute atomic E-state index is 12.0. The van der Waals surface area contributed by atoms with Crippen molar-refractivity contribution in [3.05, 3.63) is 35.7 Å². The smallest absolute Gasteiger partial charge is 0.357 e. The molecule has 0 fully saturated rings. The lowest BCUT2D eigenvalue weighted by atomic mass is 10.3. The van der Waals surface area contributed by atoms with Crippen molar-refractivity contribution < 1.29 is 9.53 Å². The van der Waals surface area contributed by atoms with Crippen molar-refractivity contribution in [3.63, 3.8) is 0 Å². The van der Waals surface area contributed by atoms with E-state index in [2.05, 4.69) is 4.98 Å². The number of aryl methyl sites for hydroxylation is 1. The summed E-state index contributed by atoms with van der Waals surface area (Å²) >= 11 is 1.58. The summed E-state index contributed by atoms with van der Waals surface area (Å²) in [6, 6.07) is 7.95. The van der Waals surface area contributed by atoms with Crippen molar-refractivity contribution >= 4 is 32.5 Å². The molecule has 0 aliphatic carbocycles. The average Bonchev–Trinajstić information content (AvgIpc) is 2.83. The molecule has 0 aliphatic heterocycles. The van der Waals surface area contributed by atoms with Gasteiger partial charge in [0, 0.05) is 0 Å². The second-order valence-electron chi connectivity index (χ2n) is 3.95. The summed E-state index contributed by atoms with van der Waals surface area (Å²) in [5, 5.41) is 0. The zero-order valence-electron chi connectivity index (χ0n) is 10.1. The van der Waals surface area contributed by atoms with Crippen LogP contribution in [-0.2, 0) is 4.74 Å². The fraction of sp³-hybridized carbons (Fsp3) is 0.231. The number of ether oxygens (including phenoxy) is 1. The van der Waals surface area contributed by atoms with Crippen LogP contribution in [0, 0.1) is 6.92 Å². The molecule has 18 heavy (non-hydrogen) atoms. The standard InChI is InChI=1S/C13H12N2O2S/c1-3-17-12(16)11-8(2)14-13-15(11)9-6-4-5-7-10(9)18-13/h4-7H,3H2,1-2H3. The fourth-order valence-electron chi connectivity index (χ4n) is 2.06. The van der Waals surface area contributed by atoms with E-state index in [1.165, 1.54) is 0 Å². The molecule has 0 N–H and O–H groups in total. The van der Waals surface area contributed by atoms with E-state index in [0.29, 0.717) is 18.0 Å². The van der Waals surface area contributed by atoms with Crippen molar-refractivity contribution in [1.29, 1.82) is 0 Å². The Morgan fingerprint density at radius 3 is 3.00 bits per heavy atom. The first-order valence-electron chi connectivity index (χ1n) is 5.76. The number of carbonyl (C=O) groups is 1. The van der Waals surface area contributed by atoms with Gasteiger partial charge in [0.1, 0.15) is 0 Å². The number of nitrogens with zero attached hydrogens (tertiary/aromatic N) is 2. The van der Waals surface area contributed by atoms with Crippen molar-refractivity contribution in [1.82, 2.24) is 9.38 Å². The second-order valence-corrected chi connectivity index (χ2v) is 4.96. The molecule has 2 aromatic heterocycles. The molecular weight excluding hydrogens is 248 g/mol. The van der Waals surface area contributed by atoms with Crippen LogP contribution in [0.3, 0.4) is 0 Å². The van der Waals surface area contributed by atoms with Crippen LogP contribution in [0.5, 0.6) is 0 Å². The molecule has 3 rings (SSSR count). The number of thiazole rings is 1. The summed E-state index contributed by atoms with van der Waals surface area (Å²) in [7, 11) is 0. The Morgan fingerprint density at radius 2 is 2.22 bits per heavy atom. The third-order valence-corrected chi connectivity index (χ3v) is 3.82. The monoisotopic (exact) mass is 260 g/mol. The Bertz CT molecular complexity index is 742. The quantitative estimate of drug-likeness (QED) is 0.665. The lowest BCUT2D eigenvalue weighted by Crippen LogP contribution is -2.09. The summed E-state index contributed by atoms with van der Waals surface area (Å²) in [5.74, 6) is -0.314. The van der Waals surface area contributed by atoms with Crippen molar-refractivity contribution in [2.45, 2.75) is 13.8 Å². The molecule has 0 spiro atoms. The average molecular weight is 260 g/mol. The predicted molar refractivity (Wildman–Crippen MR) is 71.3 cm³/mol. The number of hydrogen-bond acceptors (Lipinski definition) is 4. The number of para-hydroxylation sites is 1. The Kier molecular flexibility index (Phi) is 2.56. The topological polar surface area (TPSA) is 43.6 Å². The third-order valence-electron chi connectivity index (χ3n) is 2.80. The number of hydrogen-bond donors (Lipinski definition) is 0. The van der Waals surface area contributed by atoms with E-state index in [-0.39, 0.29) is 5.97 Å². The Labute approximate surface area is 108 Å². The molecule has 0 bridgehead atoms. The zero-order chi connectivity index (χ0) is 12.7. The summed E-state index contributed by atoms with van der Waals surface area (Å²) in [6.07, 6.45) is 0. The van der Waals surface area contributed by atoms with Crippen LogP contribution in [0.1, 0.15) is 23.1 Å². The van der Waals surface area contributed by atoms with Crippen molar-refractivity contribution in [2.24, 2.45) is 0 Å². The van der Waals surface area contributed by atoms with Gasteiger partial charge in [0.2, 0.25) is 0 Å². The molecule has 92 valence electrons. The molecule has 0 radical (unpaired) electrons. The van der Waals surface area contributed by atoms with Crippen LogP contribution in [0.2, 0.25) is 0 Å². The number of benzene rings is 1. The zero-order valence-corrected chi connectivity index (χ0v) is 11.0. The van der Waals surface area contributed by atoms with E-state index < -0.39 is 0 Å². The molecule has 2 heterocycles. The van der Waals surface area contributed by atoms with Gasteiger partial charge in [-0.25, -0.2) is 9.78 Å². The first-order valence-corrected chi connectivity index (χ1v) is 6.57. The van der Waals surface area contributed by atoms with Gasteiger partial charge in [0.15, 0.2) is 10.7 Å². The minimum atomic E-state index is -0.314. The van der Waals surface area contributed by atoms with Crippen LogP contribution in [0.4, 0.5) is 0 Å². The highest BCUT2D eigenvalue weighted by atomic mass is 32.1. The van der Waals surface area contributed by atoms with E-state index in [1.807, 2.05) is 35.6 Å². The van der Waals surface area contributed by atoms with Gasteiger partial charge in [0.05, 0.1) is 22.5 Å². The number of fused-ring (bicyclic) bond motifs is 3. The first-order chi connectivity index (χ1) is 8.72. The molecule has 5 heteroatoms. The molecule has 3 aromatic rings. The van der Waals surface area contributed by atoms with Gasteiger partial charge in [-0.05, 0) is 26.0 Å². The molecule has 0 saturated carbocycles. The number of esters is 1. The molecule has 0 aliphatic rings. The highest BCUT2D eigenvalue weighted by molar-refractivity contribution is 7.23. The van der Waals surface area contributed by atoms with Crippen molar-refractivity contribution in [3.8, 4) is 0 Å². The van der Waals surface area contributed by atoms with E-state index >= 15 is 0 Å². The van der Waals surface area contributed by atoms with Crippen LogP contribution in [0.25, 0.3) is 15.2 Å². The van der Waals surface area contributed by atoms with Gasteiger partial charge >= 0.3 is 5.97 Å². The highest BCUT2D eigenvalue weighted by Crippen LogP contribution is 2.28. The fourth-order valence-corrected chi connectivity index (χ4v) is 3.13. The second kappa shape index (κ2) is 4.10. The minimum absolute atomic E-state index is 0.314. The number of imidazole rings is 1. The lowest BCUT2D eigenvalue weighted by molar-refractivity contribution is 0.0518. The number of rotatable bonds is 2. The van der Waals surface area contributed by atoms with Gasteiger partial charge < -0.3 is 4.74 Å². The van der Waals surface area contributed by atoms with E-state index in [9.17, 15) is 4.79 Å². The van der Waals surface area contributed by atoms with E-state index in [0.717, 1.165) is 15.2 Å². The van der Waals surface area contributed by atoms with E-state index in [4.69, 9.17) is 4.74 Å². The molecule has 0 atom stereocenters. The summed E-state index contributed by atoms with van der Waals surface area (Å²) in [5.41, 5.74) is 2.25. The maximum Gasteiger partial charge on any atom is 0.357 e. The SMILES string of the molecule is CCOC(=O)c1c(C)nc2sc3ccccc3n12. The lowest BCUT2D eigenvalue weighted by Gasteiger charge is -2.02. The Balaban J connectivity index is 2.35. The van der Waals surface area contributed by atoms with Crippen LogP contribution >= 0.6 is 11.3 Å². The normalized spacial score (nSPS) is 11.2. The molecule has 0 unspecified atom stereocenters. The summed E-state index contributed by atoms with van der Waals surface area (Å²) < 4.78 is 8.10. The molecule has 0 saturated heterocycles. The maximum atomic E-state index is 12.0. The largest absolute Gasteiger partial charge is 0.461 e. The Morgan fingerprint density at radius 1 is 1.44 bits per heavy atom. The number of aromatic nitrogens is 2. The van der Waals surface area contributed by atoms with E-state index in [1.54, 1.807) is 18.3 Å². The minimum Gasteiger partial charge on any atom is -0.461 e. The first kappa shape index (κ1) is 11.2.